The topological polar surface area (TPSA) is 67.3 Å². The molecule has 0 fully saturated rings. The van der Waals surface area contributed by atoms with Crippen LogP contribution in [0.2, 0.25) is 0 Å². The fourth-order valence-corrected chi connectivity index (χ4v) is 1.04. The van der Waals surface area contributed by atoms with Gasteiger partial charge in [0.25, 0.3) is 6.43 Å². The molecule has 1 aromatic rings. The predicted molar refractivity (Wildman–Crippen MR) is 58.3 cm³/mol. The third kappa shape index (κ3) is 4.90. The van der Waals surface area contributed by atoms with Crippen LogP contribution in [-0.4, -0.2) is 40.3 Å². The highest BCUT2D eigenvalue weighted by molar-refractivity contribution is 5.37. The van der Waals surface area contributed by atoms with Crippen molar-refractivity contribution >= 4 is 5.82 Å². The van der Waals surface area contributed by atoms with Gasteiger partial charge in [-0.05, 0) is 13.8 Å². The van der Waals surface area contributed by atoms with E-state index < -0.39 is 12.5 Å². The normalized spacial score (nSPS) is 12.9. The first kappa shape index (κ1) is 13.6. The summed E-state index contributed by atoms with van der Waals surface area (Å²) in [5.41, 5.74) is 0. The number of hydrogen-bond donors (Lipinski definition) is 2. The number of aromatic nitrogens is 2. The largest absolute Gasteiger partial charge is 0.475 e. The van der Waals surface area contributed by atoms with Crippen molar-refractivity contribution in [1.29, 1.82) is 0 Å². The molecule has 17 heavy (non-hydrogen) atoms. The van der Waals surface area contributed by atoms with Crippen LogP contribution in [0, 0.1) is 0 Å². The maximum Gasteiger partial charge on any atom is 0.265 e. The minimum atomic E-state index is -2.78. The van der Waals surface area contributed by atoms with Crippen molar-refractivity contribution in [3.05, 3.63) is 12.4 Å². The lowest BCUT2D eigenvalue weighted by molar-refractivity contribution is 0.00380. The van der Waals surface area contributed by atoms with Crippen molar-refractivity contribution in [1.82, 2.24) is 9.97 Å². The first-order valence-electron chi connectivity index (χ1n) is 5.18. The Balaban J connectivity index is 2.54. The van der Waals surface area contributed by atoms with Crippen molar-refractivity contribution in [3.63, 3.8) is 0 Å². The van der Waals surface area contributed by atoms with E-state index in [0.717, 1.165) is 0 Å². The molecule has 0 amide bonds. The number of nitrogens with one attached hydrogen (secondary N) is 1. The summed E-state index contributed by atoms with van der Waals surface area (Å²) < 4.78 is 29.4. The second kappa shape index (κ2) is 6.29. The van der Waals surface area contributed by atoms with Gasteiger partial charge in [0.2, 0.25) is 5.88 Å². The Kier molecular flexibility index (Phi) is 5.02. The lowest BCUT2D eigenvalue weighted by atomic mass is 10.3. The number of ether oxygens (including phenoxy) is 1. The Morgan fingerprint density at radius 3 is 2.71 bits per heavy atom. The smallest absolute Gasteiger partial charge is 0.265 e. The van der Waals surface area contributed by atoms with Gasteiger partial charge in [-0.3, -0.25) is 0 Å². The molecule has 1 unspecified atom stereocenters. The Bertz CT molecular complexity index is 350. The van der Waals surface area contributed by atoms with Gasteiger partial charge in [-0.25, -0.2) is 18.7 Å². The van der Waals surface area contributed by atoms with Gasteiger partial charge >= 0.3 is 0 Å². The van der Waals surface area contributed by atoms with E-state index in [9.17, 15) is 8.78 Å². The highest BCUT2D eigenvalue weighted by atomic mass is 19.3. The van der Waals surface area contributed by atoms with Crippen LogP contribution >= 0.6 is 0 Å². The third-order valence-corrected chi connectivity index (χ3v) is 1.78. The molecule has 0 bridgehead atoms. The quantitative estimate of drug-likeness (QED) is 0.793. The van der Waals surface area contributed by atoms with Gasteiger partial charge in [-0.15, -0.1) is 0 Å². The molecular formula is C10H15F2N3O2. The summed E-state index contributed by atoms with van der Waals surface area (Å²) in [6.07, 6.45) is -3.28. The summed E-state index contributed by atoms with van der Waals surface area (Å²) in [4.78, 5) is 7.68. The number of aliphatic hydroxyl groups excluding tert-OH is 1. The van der Waals surface area contributed by atoms with E-state index in [0.29, 0.717) is 11.7 Å². The Hall–Kier alpha value is -1.50. The van der Waals surface area contributed by atoms with E-state index in [1.807, 2.05) is 13.8 Å². The molecule has 0 radical (unpaired) electrons. The predicted octanol–water partition coefficient (Wildman–Crippen LogP) is 1.30. The number of halogens is 2. The summed E-state index contributed by atoms with van der Waals surface area (Å²) in [5.74, 6) is 0.680. The monoisotopic (exact) mass is 247 g/mol. The number of alkyl halides is 2. The first-order valence-corrected chi connectivity index (χ1v) is 5.18. The SMILES string of the molecule is CC(C)Oc1cc(NCC(O)C(F)F)ncn1. The van der Waals surface area contributed by atoms with Crippen molar-refractivity contribution in [3.8, 4) is 5.88 Å². The molecule has 0 aliphatic rings. The zero-order valence-electron chi connectivity index (χ0n) is 9.60. The van der Waals surface area contributed by atoms with E-state index in [-0.39, 0.29) is 12.6 Å². The van der Waals surface area contributed by atoms with Crippen LogP contribution in [-0.2, 0) is 0 Å². The second-order valence-corrected chi connectivity index (χ2v) is 3.69. The highest BCUT2D eigenvalue weighted by Gasteiger charge is 2.16. The molecule has 96 valence electrons. The number of rotatable bonds is 6. The molecule has 0 spiro atoms. The van der Waals surface area contributed by atoms with Gasteiger partial charge in [0.15, 0.2) is 0 Å². The van der Waals surface area contributed by atoms with Gasteiger partial charge in [0.1, 0.15) is 18.2 Å². The zero-order chi connectivity index (χ0) is 12.8. The summed E-state index contributed by atoms with van der Waals surface area (Å²) in [5, 5.41) is 11.5. The molecule has 1 atom stereocenters. The maximum absolute atomic E-state index is 12.0. The number of nitrogens with zero attached hydrogens (tertiary/aromatic N) is 2. The van der Waals surface area contributed by atoms with Crippen LogP contribution in [0.5, 0.6) is 5.88 Å². The molecule has 7 heteroatoms. The molecule has 0 saturated heterocycles. The van der Waals surface area contributed by atoms with Crippen molar-refractivity contribution in [2.45, 2.75) is 32.5 Å². The van der Waals surface area contributed by atoms with Crippen LogP contribution < -0.4 is 10.1 Å². The average Bonchev–Trinajstić information content (AvgIpc) is 2.25. The summed E-state index contributed by atoms with van der Waals surface area (Å²) in [6.45, 7) is 3.40. The van der Waals surface area contributed by atoms with Crippen molar-refractivity contribution < 1.29 is 18.6 Å². The van der Waals surface area contributed by atoms with Crippen LogP contribution in [0.3, 0.4) is 0 Å². The van der Waals surface area contributed by atoms with Gasteiger partial charge < -0.3 is 15.2 Å². The molecule has 1 aromatic heterocycles. The van der Waals surface area contributed by atoms with E-state index in [1.54, 1.807) is 0 Å². The zero-order valence-corrected chi connectivity index (χ0v) is 9.60. The molecule has 1 heterocycles. The van der Waals surface area contributed by atoms with Gasteiger partial charge in [-0.1, -0.05) is 0 Å². The Labute approximate surface area is 97.8 Å². The maximum atomic E-state index is 12.0. The Morgan fingerprint density at radius 2 is 2.12 bits per heavy atom. The first-order chi connectivity index (χ1) is 7.99. The summed E-state index contributed by atoms with van der Waals surface area (Å²) in [6, 6.07) is 1.48. The number of hydrogen-bond acceptors (Lipinski definition) is 5. The number of anilines is 1. The molecule has 0 aromatic carbocycles. The van der Waals surface area contributed by atoms with E-state index in [1.165, 1.54) is 12.4 Å². The third-order valence-electron chi connectivity index (χ3n) is 1.78. The van der Waals surface area contributed by atoms with E-state index in [2.05, 4.69) is 15.3 Å². The molecular weight excluding hydrogens is 232 g/mol. The average molecular weight is 247 g/mol. The van der Waals surface area contributed by atoms with E-state index >= 15 is 0 Å². The van der Waals surface area contributed by atoms with Gasteiger partial charge in [0.05, 0.1) is 6.10 Å². The second-order valence-electron chi connectivity index (χ2n) is 3.69. The lowest BCUT2D eigenvalue weighted by Gasteiger charge is -2.12. The van der Waals surface area contributed by atoms with Crippen molar-refractivity contribution in [2.24, 2.45) is 0 Å². The Morgan fingerprint density at radius 1 is 1.41 bits per heavy atom. The summed E-state index contributed by atoms with van der Waals surface area (Å²) in [7, 11) is 0. The van der Waals surface area contributed by atoms with Crippen LogP contribution in [0.25, 0.3) is 0 Å². The minimum Gasteiger partial charge on any atom is -0.475 e. The molecule has 1 rings (SSSR count). The fourth-order valence-electron chi connectivity index (χ4n) is 1.04. The van der Waals surface area contributed by atoms with E-state index in [4.69, 9.17) is 9.84 Å². The van der Waals surface area contributed by atoms with Crippen LogP contribution in [0.15, 0.2) is 12.4 Å². The lowest BCUT2D eigenvalue weighted by Crippen LogP contribution is -2.27. The molecule has 2 N–H and O–H groups in total. The van der Waals surface area contributed by atoms with Crippen LogP contribution in [0.1, 0.15) is 13.8 Å². The van der Waals surface area contributed by atoms with Crippen LogP contribution in [0.4, 0.5) is 14.6 Å². The molecule has 0 aliphatic heterocycles. The van der Waals surface area contributed by atoms with Crippen molar-refractivity contribution in [2.75, 3.05) is 11.9 Å². The highest BCUT2D eigenvalue weighted by Crippen LogP contribution is 2.12. The molecule has 0 aliphatic carbocycles. The molecule has 0 saturated carbocycles. The standard InChI is InChI=1S/C10H15F2N3O2/c1-6(2)17-9-3-8(14-5-15-9)13-4-7(16)10(11)12/h3,5-7,10,16H,4H2,1-2H3,(H,13,14,15). The number of aliphatic hydroxyl groups is 1. The minimum absolute atomic E-state index is 0.0376. The van der Waals surface area contributed by atoms with Gasteiger partial charge in [0, 0.05) is 12.6 Å². The fraction of sp³-hybridized carbons (Fsp3) is 0.600. The molecule has 5 nitrogen and oxygen atoms in total. The van der Waals surface area contributed by atoms with Gasteiger partial charge in [-0.2, -0.15) is 0 Å². The summed E-state index contributed by atoms with van der Waals surface area (Å²) >= 11 is 0.